The molecule has 3 rings (SSSR count). The molecule has 0 aliphatic carbocycles. The van der Waals surface area contributed by atoms with E-state index in [9.17, 15) is 13.6 Å². The van der Waals surface area contributed by atoms with Crippen LogP contribution in [0.4, 0.5) is 25.0 Å². The van der Waals surface area contributed by atoms with Gasteiger partial charge in [-0.3, -0.25) is 0 Å². The summed E-state index contributed by atoms with van der Waals surface area (Å²) in [4.78, 5) is 13.8. The summed E-state index contributed by atoms with van der Waals surface area (Å²) in [6, 6.07) is 10.3. The summed E-state index contributed by atoms with van der Waals surface area (Å²) in [6.45, 7) is 1.79. The molecule has 2 N–H and O–H groups in total. The highest BCUT2D eigenvalue weighted by Gasteiger charge is 2.21. The number of halogens is 2. The average Bonchev–Trinajstić information content (AvgIpc) is 2.94. The molecule has 1 aliphatic rings. The van der Waals surface area contributed by atoms with Crippen LogP contribution in [0.2, 0.25) is 0 Å². The molecule has 0 fully saturated rings. The van der Waals surface area contributed by atoms with Crippen LogP contribution >= 0.6 is 0 Å². The smallest absolute Gasteiger partial charge is 0.319 e. The van der Waals surface area contributed by atoms with Gasteiger partial charge >= 0.3 is 6.03 Å². The van der Waals surface area contributed by atoms with Gasteiger partial charge in [-0.1, -0.05) is 6.07 Å². The number of nitrogens with zero attached hydrogens (tertiary/aromatic N) is 1. The van der Waals surface area contributed by atoms with Gasteiger partial charge in [0.1, 0.15) is 11.6 Å². The Hall–Kier alpha value is -2.63. The molecule has 1 aliphatic heterocycles. The third-order valence-electron chi connectivity index (χ3n) is 3.84. The average molecular weight is 317 g/mol. The fraction of sp³-hybridized carbons (Fsp3) is 0.235. The first kappa shape index (κ1) is 15.3. The van der Waals surface area contributed by atoms with E-state index in [0.717, 1.165) is 17.8 Å². The number of hydrogen-bond donors (Lipinski definition) is 2. The number of carbonyl (C=O) groups excluding carboxylic acids is 1. The standard InChI is InChI=1S/C17H17F2N3O/c18-12-4-6-13(7-5-12)21-17(23)20-9-11-22-10-8-14-15(19)2-1-3-16(14)22/h1-7H,8-11H2,(H2,20,21,23). The lowest BCUT2D eigenvalue weighted by atomic mass is 10.1. The molecular weight excluding hydrogens is 300 g/mol. The van der Waals surface area contributed by atoms with Crippen LogP contribution in [-0.4, -0.2) is 25.7 Å². The predicted octanol–water partition coefficient (Wildman–Crippen LogP) is 3.15. The van der Waals surface area contributed by atoms with Crippen LogP contribution in [0.5, 0.6) is 0 Å². The zero-order chi connectivity index (χ0) is 16.2. The SMILES string of the molecule is O=C(NCCN1CCc2c(F)cccc21)Nc1ccc(F)cc1. The number of anilines is 2. The summed E-state index contributed by atoms with van der Waals surface area (Å²) < 4.78 is 26.4. The molecule has 4 nitrogen and oxygen atoms in total. The van der Waals surface area contributed by atoms with E-state index in [1.165, 1.54) is 30.3 Å². The third kappa shape index (κ3) is 3.59. The Balaban J connectivity index is 1.48. The Morgan fingerprint density at radius 2 is 1.91 bits per heavy atom. The predicted molar refractivity (Wildman–Crippen MR) is 85.7 cm³/mol. The number of benzene rings is 2. The lowest BCUT2D eigenvalue weighted by Crippen LogP contribution is -2.36. The molecule has 2 aromatic carbocycles. The van der Waals surface area contributed by atoms with Crippen molar-refractivity contribution in [2.45, 2.75) is 6.42 Å². The summed E-state index contributed by atoms with van der Waals surface area (Å²) in [5, 5.41) is 5.37. The van der Waals surface area contributed by atoms with Gasteiger partial charge in [0.25, 0.3) is 0 Å². The van der Waals surface area contributed by atoms with Crippen molar-refractivity contribution in [3.8, 4) is 0 Å². The van der Waals surface area contributed by atoms with Gasteiger partial charge in [0, 0.05) is 36.6 Å². The quantitative estimate of drug-likeness (QED) is 0.910. The van der Waals surface area contributed by atoms with E-state index in [-0.39, 0.29) is 17.7 Å². The van der Waals surface area contributed by atoms with Crippen LogP contribution in [0, 0.1) is 11.6 Å². The van der Waals surface area contributed by atoms with Gasteiger partial charge in [0.05, 0.1) is 0 Å². The molecule has 0 radical (unpaired) electrons. The molecule has 0 spiro atoms. The maximum absolute atomic E-state index is 13.7. The number of fused-ring (bicyclic) bond motifs is 1. The monoisotopic (exact) mass is 317 g/mol. The van der Waals surface area contributed by atoms with E-state index in [2.05, 4.69) is 15.5 Å². The minimum absolute atomic E-state index is 0.174. The third-order valence-corrected chi connectivity index (χ3v) is 3.84. The second-order valence-electron chi connectivity index (χ2n) is 5.36. The molecule has 0 aromatic heterocycles. The minimum Gasteiger partial charge on any atom is -0.369 e. The van der Waals surface area contributed by atoms with Crippen molar-refractivity contribution in [2.24, 2.45) is 0 Å². The van der Waals surface area contributed by atoms with E-state index in [4.69, 9.17) is 0 Å². The lowest BCUT2D eigenvalue weighted by molar-refractivity contribution is 0.252. The van der Waals surface area contributed by atoms with Crippen molar-refractivity contribution < 1.29 is 13.6 Å². The van der Waals surface area contributed by atoms with Crippen LogP contribution in [0.15, 0.2) is 42.5 Å². The molecule has 0 saturated heterocycles. The van der Waals surface area contributed by atoms with Gasteiger partial charge in [0.2, 0.25) is 0 Å². The van der Waals surface area contributed by atoms with E-state index in [1.807, 2.05) is 6.07 Å². The normalized spacial score (nSPS) is 12.9. The molecule has 120 valence electrons. The number of amides is 2. The van der Waals surface area contributed by atoms with E-state index < -0.39 is 0 Å². The summed E-state index contributed by atoms with van der Waals surface area (Å²) in [5.41, 5.74) is 2.16. The summed E-state index contributed by atoms with van der Waals surface area (Å²) in [6.07, 6.45) is 0.684. The molecule has 23 heavy (non-hydrogen) atoms. The van der Waals surface area contributed by atoms with Crippen molar-refractivity contribution in [2.75, 3.05) is 29.9 Å². The topological polar surface area (TPSA) is 44.4 Å². The maximum atomic E-state index is 13.7. The molecular formula is C17H17F2N3O. The molecule has 0 saturated carbocycles. The highest BCUT2D eigenvalue weighted by atomic mass is 19.1. The first-order chi connectivity index (χ1) is 11.1. The van der Waals surface area contributed by atoms with Crippen LogP contribution < -0.4 is 15.5 Å². The van der Waals surface area contributed by atoms with Crippen molar-refractivity contribution in [3.05, 3.63) is 59.7 Å². The van der Waals surface area contributed by atoms with Gasteiger partial charge in [-0.15, -0.1) is 0 Å². The van der Waals surface area contributed by atoms with Gasteiger partial charge in [-0.25, -0.2) is 13.6 Å². The second-order valence-corrected chi connectivity index (χ2v) is 5.36. The lowest BCUT2D eigenvalue weighted by Gasteiger charge is -2.19. The van der Waals surface area contributed by atoms with Gasteiger partial charge in [0.15, 0.2) is 0 Å². The number of rotatable bonds is 4. The molecule has 2 aromatic rings. The molecule has 0 atom stereocenters. The molecule has 0 unspecified atom stereocenters. The van der Waals surface area contributed by atoms with Crippen LogP contribution in [0.1, 0.15) is 5.56 Å². The first-order valence-electron chi connectivity index (χ1n) is 7.46. The van der Waals surface area contributed by atoms with Crippen LogP contribution in [-0.2, 0) is 6.42 Å². The Labute approximate surface area is 133 Å². The first-order valence-corrected chi connectivity index (χ1v) is 7.46. The zero-order valence-corrected chi connectivity index (χ0v) is 12.5. The maximum Gasteiger partial charge on any atom is 0.319 e. The van der Waals surface area contributed by atoms with Crippen molar-refractivity contribution in [3.63, 3.8) is 0 Å². The van der Waals surface area contributed by atoms with Crippen LogP contribution in [0.25, 0.3) is 0 Å². The Morgan fingerprint density at radius 3 is 2.70 bits per heavy atom. The molecule has 2 amide bonds. The van der Waals surface area contributed by atoms with Gasteiger partial charge < -0.3 is 15.5 Å². The van der Waals surface area contributed by atoms with Crippen molar-refractivity contribution >= 4 is 17.4 Å². The summed E-state index contributed by atoms with van der Waals surface area (Å²) in [7, 11) is 0. The highest BCUT2D eigenvalue weighted by molar-refractivity contribution is 5.89. The van der Waals surface area contributed by atoms with Crippen molar-refractivity contribution in [1.29, 1.82) is 0 Å². The Morgan fingerprint density at radius 1 is 1.13 bits per heavy atom. The Bertz CT molecular complexity index is 703. The minimum atomic E-state index is -0.352. The highest BCUT2D eigenvalue weighted by Crippen LogP contribution is 2.29. The van der Waals surface area contributed by atoms with E-state index in [1.54, 1.807) is 6.07 Å². The van der Waals surface area contributed by atoms with Crippen LogP contribution in [0.3, 0.4) is 0 Å². The molecule has 1 heterocycles. The Kier molecular flexibility index (Phi) is 4.41. The van der Waals surface area contributed by atoms with E-state index in [0.29, 0.717) is 25.2 Å². The fourth-order valence-electron chi connectivity index (χ4n) is 2.70. The fourth-order valence-corrected chi connectivity index (χ4v) is 2.70. The number of urea groups is 1. The van der Waals surface area contributed by atoms with Crippen molar-refractivity contribution in [1.82, 2.24) is 5.32 Å². The second kappa shape index (κ2) is 6.64. The zero-order valence-electron chi connectivity index (χ0n) is 12.5. The summed E-state index contributed by atoms with van der Waals surface area (Å²) in [5.74, 6) is -0.525. The largest absolute Gasteiger partial charge is 0.369 e. The molecule has 0 bridgehead atoms. The number of nitrogens with one attached hydrogen (secondary N) is 2. The molecule has 6 heteroatoms. The van der Waals surface area contributed by atoms with E-state index >= 15 is 0 Å². The number of hydrogen-bond acceptors (Lipinski definition) is 2. The van der Waals surface area contributed by atoms with Gasteiger partial charge in [-0.2, -0.15) is 0 Å². The summed E-state index contributed by atoms with van der Waals surface area (Å²) >= 11 is 0. The number of carbonyl (C=O) groups is 1. The van der Waals surface area contributed by atoms with Gasteiger partial charge in [-0.05, 0) is 42.8 Å².